The second-order valence-electron chi connectivity index (χ2n) is 7.60. The molecule has 0 saturated carbocycles. The lowest BCUT2D eigenvalue weighted by Crippen LogP contribution is -2.23. The van der Waals surface area contributed by atoms with Gasteiger partial charge in [-0.1, -0.05) is 12.1 Å². The Kier molecular flexibility index (Phi) is 6.29. The van der Waals surface area contributed by atoms with E-state index >= 15 is 0 Å². The molecule has 7 nitrogen and oxygen atoms in total. The van der Waals surface area contributed by atoms with E-state index in [0.717, 1.165) is 30.2 Å². The van der Waals surface area contributed by atoms with Crippen LogP contribution >= 0.6 is 0 Å². The van der Waals surface area contributed by atoms with Crippen LogP contribution in [0.15, 0.2) is 48.7 Å². The Bertz CT molecular complexity index is 1040. The highest BCUT2D eigenvalue weighted by Gasteiger charge is 2.34. The maximum Gasteiger partial charge on any atom is 0.433 e. The number of rotatable bonds is 7. The molecule has 168 valence electrons. The van der Waals surface area contributed by atoms with Crippen molar-refractivity contribution in [3.8, 4) is 0 Å². The zero-order chi connectivity index (χ0) is 22.6. The number of benzene rings is 1. The number of hydrogen-bond acceptors (Lipinski definition) is 5. The van der Waals surface area contributed by atoms with Crippen molar-refractivity contribution in [2.75, 3.05) is 28.6 Å². The molecule has 3 aromatic rings. The summed E-state index contributed by atoms with van der Waals surface area (Å²) in [5.41, 5.74) is 1.34. The highest BCUT2D eigenvalue weighted by atomic mass is 19.4. The number of H-pyrrole nitrogens is 1. The topological polar surface area (TPSA) is 85.9 Å². The lowest BCUT2D eigenvalue weighted by molar-refractivity contribution is -0.141. The SMILES string of the molecule is O=C(Cc1ccc[nH]1)Nc1ccc(CNc2cc(C(F)(F)F)nc(N3CCCC3)n2)cc1. The molecule has 4 rings (SSSR count). The molecule has 1 aliphatic heterocycles. The van der Waals surface area contributed by atoms with Crippen molar-refractivity contribution < 1.29 is 18.0 Å². The molecular formula is C22H23F3N6O. The van der Waals surface area contributed by atoms with Gasteiger partial charge in [0.15, 0.2) is 5.69 Å². The number of halogens is 3. The summed E-state index contributed by atoms with van der Waals surface area (Å²) in [6, 6.07) is 11.7. The summed E-state index contributed by atoms with van der Waals surface area (Å²) in [7, 11) is 0. The van der Waals surface area contributed by atoms with Crippen LogP contribution < -0.4 is 15.5 Å². The number of amides is 1. The molecule has 1 aliphatic rings. The van der Waals surface area contributed by atoms with Crippen LogP contribution in [0.25, 0.3) is 0 Å². The highest BCUT2D eigenvalue weighted by Crippen LogP contribution is 2.31. The van der Waals surface area contributed by atoms with Crippen LogP contribution in [0.3, 0.4) is 0 Å². The maximum absolute atomic E-state index is 13.3. The average molecular weight is 444 g/mol. The first-order chi connectivity index (χ1) is 15.4. The predicted octanol–water partition coefficient (Wildman–Crippen LogP) is 4.22. The number of aromatic amines is 1. The molecule has 0 atom stereocenters. The Morgan fingerprint density at radius 3 is 2.50 bits per heavy atom. The Hall–Kier alpha value is -3.56. The third-order valence-corrected chi connectivity index (χ3v) is 5.12. The fourth-order valence-electron chi connectivity index (χ4n) is 3.48. The second kappa shape index (κ2) is 9.29. The number of carbonyl (C=O) groups excluding carboxylic acids is 1. The van der Waals surface area contributed by atoms with Gasteiger partial charge in [-0.25, -0.2) is 4.98 Å². The van der Waals surface area contributed by atoms with E-state index in [0.29, 0.717) is 18.8 Å². The van der Waals surface area contributed by atoms with E-state index in [2.05, 4.69) is 25.6 Å². The van der Waals surface area contributed by atoms with Crippen LogP contribution in [-0.2, 0) is 23.9 Å². The fourth-order valence-corrected chi connectivity index (χ4v) is 3.48. The first-order valence-electron chi connectivity index (χ1n) is 10.3. The van der Waals surface area contributed by atoms with Crippen molar-refractivity contribution in [3.05, 3.63) is 65.6 Å². The third-order valence-electron chi connectivity index (χ3n) is 5.12. The monoisotopic (exact) mass is 444 g/mol. The van der Waals surface area contributed by atoms with Crippen molar-refractivity contribution in [2.24, 2.45) is 0 Å². The van der Waals surface area contributed by atoms with Crippen molar-refractivity contribution in [1.29, 1.82) is 0 Å². The third kappa shape index (κ3) is 5.57. The number of anilines is 3. The molecule has 1 amide bonds. The van der Waals surface area contributed by atoms with E-state index in [-0.39, 0.29) is 30.6 Å². The van der Waals surface area contributed by atoms with Crippen LogP contribution in [0.5, 0.6) is 0 Å². The number of nitrogens with one attached hydrogen (secondary N) is 3. The Morgan fingerprint density at radius 1 is 1.09 bits per heavy atom. The summed E-state index contributed by atoms with van der Waals surface area (Å²) in [6.07, 6.45) is -0.723. The zero-order valence-electron chi connectivity index (χ0n) is 17.2. The molecule has 1 saturated heterocycles. The summed E-state index contributed by atoms with van der Waals surface area (Å²) in [5.74, 6) is 0.0749. The molecule has 0 spiro atoms. The van der Waals surface area contributed by atoms with Gasteiger partial charge in [-0.15, -0.1) is 0 Å². The Labute approximate surface area is 183 Å². The molecule has 10 heteroatoms. The van der Waals surface area contributed by atoms with Gasteiger partial charge in [-0.3, -0.25) is 4.79 Å². The minimum Gasteiger partial charge on any atom is -0.366 e. The summed E-state index contributed by atoms with van der Waals surface area (Å²) in [6.45, 7) is 1.58. The van der Waals surface area contributed by atoms with Crippen molar-refractivity contribution in [3.63, 3.8) is 0 Å². The highest BCUT2D eigenvalue weighted by molar-refractivity contribution is 5.92. The number of carbonyl (C=O) groups is 1. The quantitative estimate of drug-likeness (QED) is 0.508. The Morgan fingerprint density at radius 2 is 1.84 bits per heavy atom. The molecule has 0 unspecified atom stereocenters. The molecule has 32 heavy (non-hydrogen) atoms. The van der Waals surface area contributed by atoms with Gasteiger partial charge >= 0.3 is 6.18 Å². The van der Waals surface area contributed by atoms with Crippen molar-refractivity contribution >= 4 is 23.4 Å². The van der Waals surface area contributed by atoms with E-state index in [4.69, 9.17) is 0 Å². The van der Waals surface area contributed by atoms with Gasteiger partial charge in [0.1, 0.15) is 5.82 Å². The molecule has 3 heterocycles. The predicted molar refractivity (Wildman–Crippen MR) is 115 cm³/mol. The fraction of sp³-hybridized carbons (Fsp3) is 0.318. The zero-order valence-corrected chi connectivity index (χ0v) is 17.2. The summed E-state index contributed by atoms with van der Waals surface area (Å²) >= 11 is 0. The van der Waals surface area contributed by atoms with Gasteiger partial charge < -0.3 is 20.5 Å². The lowest BCUT2D eigenvalue weighted by atomic mass is 10.2. The van der Waals surface area contributed by atoms with Crippen LogP contribution in [-0.4, -0.2) is 33.9 Å². The van der Waals surface area contributed by atoms with E-state index in [1.807, 2.05) is 12.1 Å². The van der Waals surface area contributed by atoms with Crippen molar-refractivity contribution in [1.82, 2.24) is 15.0 Å². The van der Waals surface area contributed by atoms with Crippen LogP contribution in [0.4, 0.5) is 30.6 Å². The minimum absolute atomic E-state index is 0.0972. The smallest absolute Gasteiger partial charge is 0.366 e. The molecule has 0 radical (unpaired) electrons. The van der Waals surface area contributed by atoms with Gasteiger partial charge in [-0.2, -0.15) is 18.2 Å². The minimum atomic E-state index is -4.55. The molecule has 1 fully saturated rings. The van der Waals surface area contributed by atoms with Gasteiger partial charge in [0.25, 0.3) is 0 Å². The molecule has 2 aromatic heterocycles. The number of nitrogens with zero attached hydrogens (tertiary/aromatic N) is 3. The molecule has 3 N–H and O–H groups in total. The average Bonchev–Trinajstić information content (AvgIpc) is 3.47. The van der Waals surface area contributed by atoms with Gasteiger partial charge in [0, 0.05) is 43.3 Å². The van der Waals surface area contributed by atoms with E-state index < -0.39 is 11.9 Å². The molecule has 0 aliphatic carbocycles. The lowest BCUT2D eigenvalue weighted by Gasteiger charge is -2.18. The maximum atomic E-state index is 13.3. The van der Waals surface area contributed by atoms with Gasteiger partial charge in [0.2, 0.25) is 11.9 Å². The summed E-state index contributed by atoms with van der Waals surface area (Å²) < 4.78 is 39.9. The normalized spacial score (nSPS) is 13.9. The summed E-state index contributed by atoms with van der Waals surface area (Å²) in [5, 5.41) is 5.77. The number of hydrogen-bond donors (Lipinski definition) is 3. The van der Waals surface area contributed by atoms with Crippen molar-refractivity contribution in [2.45, 2.75) is 32.0 Å². The number of aromatic nitrogens is 3. The van der Waals surface area contributed by atoms with E-state index in [9.17, 15) is 18.0 Å². The molecule has 1 aromatic carbocycles. The van der Waals surface area contributed by atoms with E-state index in [1.54, 1.807) is 35.4 Å². The Balaban J connectivity index is 1.39. The summed E-state index contributed by atoms with van der Waals surface area (Å²) in [4.78, 5) is 24.8. The first kappa shape index (κ1) is 21.7. The van der Waals surface area contributed by atoms with Crippen LogP contribution in [0, 0.1) is 0 Å². The molecular weight excluding hydrogens is 421 g/mol. The first-order valence-corrected chi connectivity index (χ1v) is 10.3. The molecule has 0 bridgehead atoms. The van der Waals surface area contributed by atoms with Gasteiger partial charge in [0.05, 0.1) is 6.42 Å². The second-order valence-corrected chi connectivity index (χ2v) is 7.60. The van der Waals surface area contributed by atoms with Crippen LogP contribution in [0.2, 0.25) is 0 Å². The van der Waals surface area contributed by atoms with E-state index in [1.165, 1.54) is 0 Å². The number of alkyl halides is 3. The van der Waals surface area contributed by atoms with Crippen LogP contribution in [0.1, 0.15) is 29.8 Å². The standard InChI is InChI=1S/C22H23F3N6O/c23-22(24,25)18-13-19(30-21(29-18)31-10-1-2-11-31)27-14-15-5-7-16(8-6-15)28-20(32)12-17-4-3-9-26-17/h3-9,13,26H,1-2,10-12,14H2,(H,28,32)(H,27,29,30). The largest absolute Gasteiger partial charge is 0.433 e. The van der Waals surface area contributed by atoms with Gasteiger partial charge in [-0.05, 0) is 42.7 Å².